The summed E-state index contributed by atoms with van der Waals surface area (Å²) in [6.07, 6.45) is 0.927. The van der Waals surface area contributed by atoms with E-state index in [2.05, 4.69) is 21.2 Å². The Balaban J connectivity index is 2.11. The van der Waals surface area contributed by atoms with E-state index in [0.717, 1.165) is 17.3 Å². The Hall–Kier alpha value is -1.81. The van der Waals surface area contributed by atoms with Gasteiger partial charge in [-0.3, -0.25) is 4.79 Å². The van der Waals surface area contributed by atoms with Crippen LogP contribution in [0.4, 0.5) is 5.69 Å². The number of benzene rings is 2. The normalized spacial score (nSPS) is 10.2. The Labute approximate surface area is 133 Å². The Morgan fingerprint density at radius 1 is 1.14 bits per heavy atom. The minimum absolute atomic E-state index is 0.135. The summed E-state index contributed by atoms with van der Waals surface area (Å²) in [4.78, 5) is 12.3. The molecule has 3 nitrogen and oxygen atoms in total. The molecule has 0 bridgehead atoms. The molecular weight excluding hydrogens is 330 g/mol. The number of nitrogens with one attached hydrogen (secondary N) is 1. The Bertz CT molecular complexity index is 596. The molecule has 0 saturated carbocycles. The van der Waals surface area contributed by atoms with E-state index in [1.165, 1.54) is 0 Å². The van der Waals surface area contributed by atoms with Crippen LogP contribution < -0.4 is 10.1 Å². The maximum absolute atomic E-state index is 12.3. The van der Waals surface area contributed by atoms with Crippen molar-refractivity contribution in [3.8, 4) is 5.75 Å². The van der Waals surface area contributed by atoms with Gasteiger partial charge in [0.1, 0.15) is 5.75 Å². The van der Waals surface area contributed by atoms with Crippen LogP contribution in [-0.4, -0.2) is 12.5 Å². The van der Waals surface area contributed by atoms with Gasteiger partial charge in [0.05, 0.1) is 12.3 Å². The molecule has 0 saturated heterocycles. The molecule has 0 aliphatic carbocycles. The average molecular weight is 348 g/mol. The summed E-state index contributed by atoms with van der Waals surface area (Å²) in [6.45, 7) is 2.68. The van der Waals surface area contributed by atoms with Gasteiger partial charge in [-0.1, -0.05) is 47.1 Å². The van der Waals surface area contributed by atoms with Crippen molar-refractivity contribution in [3.63, 3.8) is 0 Å². The van der Waals surface area contributed by atoms with Gasteiger partial charge in [0.2, 0.25) is 0 Å². The summed E-state index contributed by atoms with van der Waals surface area (Å²) in [5, 5.41) is 3.68. The first-order chi connectivity index (χ1) is 10.2. The van der Waals surface area contributed by atoms with Gasteiger partial charge in [0.25, 0.3) is 5.91 Å². The number of para-hydroxylation sites is 2. The van der Waals surface area contributed by atoms with E-state index < -0.39 is 0 Å². The molecule has 0 spiro atoms. The van der Waals surface area contributed by atoms with E-state index in [4.69, 9.17) is 4.74 Å². The molecule has 110 valence electrons. The molecule has 4 heteroatoms. The zero-order chi connectivity index (χ0) is 15.1. The third-order valence-corrected chi connectivity index (χ3v) is 3.61. The van der Waals surface area contributed by atoms with Crippen molar-refractivity contribution in [2.24, 2.45) is 0 Å². The molecule has 2 rings (SSSR count). The molecule has 0 heterocycles. The summed E-state index contributed by atoms with van der Waals surface area (Å²) in [5.74, 6) is 0.563. The van der Waals surface area contributed by atoms with Crippen LogP contribution in [0.2, 0.25) is 0 Å². The van der Waals surface area contributed by atoms with Crippen LogP contribution in [-0.2, 0) is 5.33 Å². The smallest absolute Gasteiger partial charge is 0.255 e. The molecule has 0 fully saturated rings. The lowest BCUT2D eigenvalue weighted by atomic mass is 10.1. The van der Waals surface area contributed by atoms with Crippen molar-refractivity contribution in [1.29, 1.82) is 0 Å². The van der Waals surface area contributed by atoms with E-state index in [1.54, 1.807) is 0 Å². The lowest BCUT2D eigenvalue weighted by Crippen LogP contribution is -2.13. The van der Waals surface area contributed by atoms with Gasteiger partial charge in [-0.2, -0.15) is 0 Å². The van der Waals surface area contributed by atoms with Gasteiger partial charge in [-0.15, -0.1) is 0 Å². The summed E-state index contributed by atoms with van der Waals surface area (Å²) in [6, 6.07) is 15.0. The highest BCUT2D eigenvalue weighted by atomic mass is 79.9. The minimum Gasteiger partial charge on any atom is -0.491 e. The number of anilines is 1. The number of halogens is 1. The summed E-state index contributed by atoms with van der Waals surface area (Å²) >= 11 is 3.39. The van der Waals surface area contributed by atoms with Crippen LogP contribution >= 0.6 is 15.9 Å². The van der Waals surface area contributed by atoms with E-state index in [1.807, 2.05) is 55.5 Å². The molecule has 2 aromatic carbocycles. The van der Waals surface area contributed by atoms with Crippen LogP contribution in [0.3, 0.4) is 0 Å². The summed E-state index contributed by atoms with van der Waals surface area (Å²) in [5.41, 5.74) is 2.46. The largest absolute Gasteiger partial charge is 0.491 e. The maximum atomic E-state index is 12.3. The van der Waals surface area contributed by atoms with Gasteiger partial charge < -0.3 is 10.1 Å². The molecular formula is C17H18BrNO2. The van der Waals surface area contributed by atoms with Crippen molar-refractivity contribution >= 4 is 27.5 Å². The second-order valence-corrected chi connectivity index (χ2v) is 5.19. The standard InChI is InChI=1S/C17H18BrNO2/c1-2-11-21-16-6-4-3-5-15(16)19-17(20)14-9-7-13(12-18)8-10-14/h3-10H,2,11-12H2,1H3,(H,19,20). The number of amides is 1. The fourth-order valence-electron chi connectivity index (χ4n) is 1.85. The zero-order valence-electron chi connectivity index (χ0n) is 11.9. The van der Waals surface area contributed by atoms with Crippen LogP contribution in [0, 0.1) is 0 Å². The van der Waals surface area contributed by atoms with Gasteiger partial charge in [0, 0.05) is 10.9 Å². The highest BCUT2D eigenvalue weighted by molar-refractivity contribution is 9.08. The first-order valence-corrected chi connectivity index (χ1v) is 8.05. The van der Waals surface area contributed by atoms with E-state index >= 15 is 0 Å². The molecule has 0 aliphatic heterocycles. The monoisotopic (exact) mass is 347 g/mol. The predicted octanol–water partition coefficient (Wildman–Crippen LogP) is 4.62. The quantitative estimate of drug-likeness (QED) is 0.774. The Morgan fingerprint density at radius 3 is 2.52 bits per heavy atom. The molecule has 0 atom stereocenters. The lowest BCUT2D eigenvalue weighted by molar-refractivity contribution is 0.102. The number of rotatable bonds is 6. The summed E-state index contributed by atoms with van der Waals surface area (Å²) in [7, 11) is 0. The lowest BCUT2D eigenvalue weighted by Gasteiger charge is -2.12. The summed E-state index contributed by atoms with van der Waals surface area (Å²) < 4.78 is 5.64. The number of ether oxygens (including phenoxy) is 1. The first-order valence-electron chi connectivity index (χ1n) is 6.92. The molecule has 1 amide bonds. The molecule has 0 unspecified atom stereocenters. The molecule has 2 aromatic rings. The molecule has 0 radical (unpaired) electrons. The average Bonchev–Trinajstić information content (AvgIpc) is 2.54. The van der Waals surface area contributed by atoms with Crippen LogP contribution in [0.15, 0.2) is 48.5 Å². The van der Waals surface area contributed by atoms with Gasteiger partial charge >= 0.3 is 0 Å². The fraction of sp³-hybridized carbons (Fsp3) is 0.235. The highest BCUT2D eigenvalue weighted by Gasteiger charge is 2.09. The SMILES string of the molecule is CCCOc1ccccc1NC(=O)c1ccc(CBr)cc1. The van der Waals surface area contributed by atoms with Crippen molar-refractivity contribution in [2.45, 2.75) is 18.7 Å². The van der Waals surface area contributed by atoms with E-state index in [-0.39, 0.29) is 5.91 Å². The molecule has 0 aliphatic rings. The third kappa shape index (κ3) is 4.33. The predicted molar refractivity (Wildman–Crippen MR) is 89.3 cm³/mol. The Kier molecular flexibility index (Phi) is 5.81. The van der Waals surface area contributed by atoms with Crippen molar-refractivity contribution in [1.82, 2.24) is 0 Å². The number of carbonyl (C=O) groups is 1. The van der Waals surface area contributed by atoms with Crippen LogP contribution in [0.1, 0.15) is 29.3 Å². The number of hydrogen-bond donors (Lipinski definition) is 1. The van der Waals surface area contributed by atoms with Crippen LogP contribution in [0.25, 0.3) is 0 Å². The second kappa shape index (κ2) is 7.84. The van der Waals surface area contributed by atoms with Gasteiger partial charge in [-0.25, -0.2) is 0 Å². The zero-order valence-corrected chi connectivity index (χ0v) is 13.5. The number of alkyl halides is 1. The van der Waals surface area contributed by atoms with E-state index in [0.29, 0.717) is 23.6 Å². The first kappa shape index (κ1) is 15.6. The molecule has 1 N–H and O–H groups in total. The highest BCUT2D eigenvalue weighted by Crippen LogP contribution is 2.24. The van der Waals surface area contributed by atoms with E-state index in [9.17, 15) is 4.79 Å². The molecule has 0 aromatic heterocycles. The number of carbonyl (C=O) groups excluding carboxylic acids is 1. The Morgan fingerprint density at radius 2 is 1.86 bits per heavy atom. The second-order valence-electron chi connectivity index (χ2n) is 4.63. The number of hydrogen-bond acceptors (Lipinski definition) is 2. The van der Waals surface area contributed by atoms with Crippen molar-refractivity contribution in [2.75, 3.05) is 11.9 Å². The van der Waals surface area contributed by atoms with Crippen molar-refractivity contribution in [3.05, 3.63) is 59.7 Å². The van der Waals surface area contributed by atoms with Crippen molar-refractivity contribution < 1.29 is 9.53 Å². The minimum atomic E-state index is -0.135. The maximum Gasteiger partial charge on any atom is 0.255 e. The van der Waals surface area contributed by atoms with Gasteiger partial charge in [-0.05, 0) is 36.2 Å². The topological polar surface area (TPSA) is 38.3 Å². The third-order valence-electron chi connectivity index (χ3n) is 2.97. The van der Waals surface area contributed by atoms with Gasteiger partial charge in [0.15, 0.2) is 0 Å². The molecule has 21 heavy (non-hydrogen) atoms. The fourth-order valence-corrected chi connectivity index (χ4v) is 2.22. The van der Waals surface area contributed by atoms with Crippen LogP contribution in [0.5, 0.6) is 5.75 Å².